The van der Waals surface area contributed by atoms with Gasteiger partial charge in [0.2, 0.25) is 0 Å². The largest absolute Gasteiger partial charge is 0.442 e. The molecular formula is C17H19N5O2. The summed E-state index contributed by atoms with van der Waals surface area (Å²) in [4.78, 5) is 17.8. The normalized spacial score (nSPS) is 22.5. The van der Waals surface area contributed by atoms with Crippen molar-refractivity contribution in [1.29, 1.82) is 5.26 Å². The summed E-state index contributed by atoms with van der Waals surface area (Å²) in [5.74, 6) is 5.13. The van der Waals surface area contributed by atoms with Crippen LogP contribution < -0.4 is 10.7 Å². The predicted octanol–water partition coefficient (Wildman–Crippen LogP) is 1.97. The van der Waals surface area contributed by atoms with E-state index in [9.17, 15) is 10.1 Å². The molecule has 124 valence electrons. The molecule has 7 nitrogen and oxygen atoms in total. The van der Waals surface area contributed by atoms with E-state index in [0.29, 0.717) is 18.8 Å². The van der Waals surface area contributed by atoms with Crippen molar-refractivity contribution in [2.45, 2.75) is 31.3 Å². The number of aliphatic imine (C=N–C) groups is 1. The number of hydrazone groups is 1. The van der Waals surface area contributed by atoms with Crippen molar-refractivity contribution in [2.75, 3.05) is 18.0 Å². The van der Waals surface area contributed by atoms with E-state index in [-0.39, 0.29) is 17.6 Å². The Labute approximate surface area is 140 Å². The molecule has 0 radical (unpaired) electrons. The van der Waals surface area contributed by atoms with Crippen molar-refractivity contribution >= 4 is 23.7 Å². The van der Waals surface area contributed by atoms with Crippen LogP contribution in [0.3, 0.4) is 0 Å². The molecule has 7 heteroatoms. The molecule has 24 heavy (non-hydrogen) atoms. The summed E-state index contributed by atoms with van der Waals surface area (Å²) in [5.41, 5.74) is 2.07. The summed E-state index contributed by atoms with van der Waals surface area (Å²) in [5, 5.41) is 12.7. The molecule has 1 aliphatic heterocycles. The monoisotopic (exact) mass is 325 g/mol. The Morgan fingerprint density at radius 1 is 1.50 bits per heavy atom. The number of nitriles is 1. The van der Waals surface area contributed by atoms with Gasteiger partial charge in [-0.05, 0) is 37.5 Å². The van der Waals surface area contributed by atoms with E-state index in [1.807, 2.05) is 24.3 Å². The molecule has 1 atom stereocenters. The van der Waals surface area contributed by atoms with Gasteiger partial charge in [-0.25, -0.2) is 4.79 Å². The molecule has 0 spiro atoms. The summed E-state index contributed by atoms with van der Waals surface area (Å²) < 4.78 is 5.32. The van der Waals surface area contributed by atoms with E-state index in [1.54, 1.807) is 18.0 Å². The lowest BCUT2D eigenvalue weighted by Crippen LogP contribution is -2.25. The molecule has 0 unspecified atom stereocenters. The fourth-order valence-corrected chi connectivity index (χ4v) is 2.71. The topological polar surface area (TPSA) is 104 Å². The molecule has 1 heterocycles. The molecule has 1 aromatic rings. The number of carbonyl (C=O) groups excluding carboxylic acids is 1. The van der Waals surface area contributed by atoms with Crippen LogP contribution in [-0.4, -0.2) is 37.2 Å². The zero-order valence-corrected chi connectivity index (χ0v) is 13.5. The molecule has 3 rings (SSSR count). The first-order chi connectivity index (χ1) is 11.6. The van der Waals surface area contributed by atoms with Gasteiger partial charge in [0, 0.05) is 11.9 Å². The van der Waals surface area contributed by atoms with E-state index < -0.39 is 0 Å². The minimum Gasteiger partial charge on any atom is -0.442 e. The van der Waals surface area contributed by atoms with Gasteiger partial charge in [-0.1, -0.05) is 12.1 Å². The summed E-state index contributed by atoms with van der Waals surface area (Å²) >= 11 is 0. The number of ether oxygens (including phenoxy) is 1. The van der Waals surface area contributed by atoms with Crippen LogP contribution in [0.15, 0.2) is 34.4 Å². The number of hydrogen-bond donors (Lipinski definition) is 1. The Kier molecular flexibility index (Phi) is 4.21. The van der Waals surface area contributed by atoms with Crippen molar-refractivity contribution in [3.63, 3.8) is 0 Å². The first kappa shape index (κ1) is 16.0. The lowest BCUT2D eigenvalue weighted by atomic mass is 9.97. The van der Waals surface area contributed by atoms with Crippen LogP contribution in [0.1, 0.15) is 25.3 Å². The standard InChI is InChI=1S/C17H19N5O2/c1-12(21-19)8-20-9-15-10-22(16(23)24-15)14-4-2-13(3-5-14)17(11-18)6-7-17/h2-5,8,15H,6-7,9-10,19H2,1H3/t15-/m0/s1. The van der Waals surface area contributed by atoms with Gasteiger partial charge in [-0.2, -0.15) is 10.4 Å². The molecule has 2 aliphatic rings. The molecular weight excluding hydrogens is 306 g/mol. The van der Waals surface area contributed by atoms with Gasteiger partial charge in [0.25, 0.3) is 0 Å². The summed E-state index contributed by atoms with van der Waals surface area (Å²) in [6, 6.07) is 9.95. The summed E-state index contributed by atoms with van der Waals surface area (Å²) in [7, 11) is 0. The van der Waals surface area contributed by atoms with Gasteiger partial charge < -0.3 is 10.6 Å². The van der Waals surface area contributed by atoms with Crippen LogP contribution in [-0.2, 0) is 10.2 Å². The number of cyclic esters (lactones) is 1. The predicted molar refractivity (Wildman–Crippen MR) is 91.2 cm³/mol. The number of hydrogen-bond acceptors (Lipinski definition) is 6. The van der Waals surface area contributed by atoms with Crippen LogP contribution in [0.4, 0.5) is 10.5 Å². The SMILES string of the molecule is CC(C=NC[C@H]1CN(c2ccc(C3(C#N)CC3)cc2)C(=O)O1)=NN. The molecule has 2 N–H and O–H groups in total. The second-order valence-electron chi connectivity index (χ2n) is 6.12. The van der Waals surface area contributed by atoms with E-state index in [0.717, 1.165) is 24.1 Å². The van der Waals surface area contributed by atoms with Crippen LogP contribution >= 0.6 is 0 Å². The van der Waals surface area contributed by atoms with Crippen LogP contribution in [0.25, 0.3) is 0 Å². The van der Waals surface area contributed by atoms with Crippen molar-refractivity contribution in [2.24, 2.45) is 15.9 Å². The zero-order valence-electron chi connectivity index (χ0n) is 13.5. The van der Waals surface area contributed by atoms with Crippen LogP contribution in [0.5, 0.6) is 0 Å². The highest BCUT2D eigenvalue weighted by Crippen LogP contribution is 2.47. The van der Waals surface area contributed by atoms with Gasteiger partial charge in [-0.3, -0.25) is 9.89 Å². The lowest BCUT2D eigenvalue weighted by molar-refractivity contribution is 0.145. The molecule has 0 bridgehead atoms. The van der Waals surface area contributed by atoms with E-state index >= 15 is 0 Å². The number of anilines is 1. The fraction of sp³-hybridized carbons (Fsp3) is 0.412. The molecule has 1 amide bonds. The minimum atomic E-state index is -0.381. The van der Waals surface area contributed by atoms with E-state index in [1.165, 1.54) is 0 Å². The van der Waals surface area contributed by atoms with Gasteiger partial charge in [0.05, 0.1) is 30.3 Å². The second kappa shape index (κ2) is 6.32. The highest BCUT2D eigenvalue weighted by molar-refractivity contribution is 6.29. The lowest BCUT2D eigenvalue weighted by Gasteiger charge is -2.14. The maximum absolute atomic E-state index is 12.0. The van der Waals surface area contributed by atoms with Gasteiger partial charge >= 0.3 is 6.09 Å². The Morgan fingerprint density at radius 2 is 2.21 bits per heavy atom. The highest BCUT2D eigenvalue weighted by Gasteiger charge is 2.44. The Hall–Kier alpha value is -2.88. The number of nitrogens with zero attached hydrogens (tertiary/aromatic N) is 4. The molecule has 1 aliphatic carbocycles. The van der Waals surface area contributed by atoms with Crippen LogP contribution in [0, 0.1) is 11.3 Å². The van der Waals surface area contributed by atoms with Gasteiger partial charge in [0.15, 0.2) is 0 Å². The number of benzene rings is 1. The number of nitrogens with two attached hydrogens (primary N) is 1. The van der Waals surface area contributed by atoms with Gasteiger partial charge in [-0.15, -0.1) is 0 Å². The number of amides is 1. The molecule has 1 aromatic carbocycles. The van der Waals surface area contributed by atoms with E-state index in [2.05, 4.69) is 16.2 Å². The fourth-order valence-electron chi connectivity index (χ4n) is 2.71. The van der Waals surface area contributed by atoms with Crippen molar-refractivity contribution in [3.8, 4) is 6.07 Å². The molecule has 1 saturated heterocycles. The molecule has 2 fully saturated rings. The Morgan fingerprint density at radius 3 is 2.79 bits per heavy atom. The maximum atomic E-state index is 12.0. The summed E-state index contributed by atoms with van der Waals surface area (Å²) in [6.07, 6.45) is 2.68. The minimum absolute atomic E-state index is 0.298. The Balaban J connectivity index is 1.64. The third-order valence-corrected chi connectivity index (χ3v) is 4.36. The van der Waals surface area contributed by atoms with Crippen molar-refractivity contribution in [3.05, 3.63) is 29.8 Å². The number of carbonyl (C=O) groups is 1. The maximum Gasteiger partial charge on any atom is 0.414 e. The Bertz CT molecular complexity index is 728. The van der Waals surface area contributed by atoms with Crippen molar-refractivity contribution < 1.29 is 9.53 Å². The third kappa shape index (κ3) is 3.08. The number of rotatable bonds is 5. The van der Waals surface area contributed by atoms with E-state index in [4.69, 9.17) is 10.6 Å². The summed E-state index contributed by atoms with van der Waals surface area (Å²) in [6.45, 7) is 2.55. The average molecular weight is 325 g/mol. The first-order valence-electron chi connectivity index (χ1n) is 7.82. The van der Waals surface area contributed by atoms with Gasteiger partial charge in [0.1, 0.15) is 6.10 Å². The molecule has 0 aromatic heterocycles. The average Bonchev–Trinajstić information content (AvgIpc) is 3.32. The third-order valence-electron chi connectivity index (χ3n) is 4.36. The van der Waals surface area contributed by atoms with Crippen molar-refractivity contribution in [1.82, 2.24) is 0 Å². The molecule has 1 saturated carbocycles. The van der Waals surface area contributed by atoms with Crippen LogP contribution in [0.2, 0.25) is 0 Å². The smallest absolute Gasteiger partial charge is 0.414 e. The quantitative estimate of drug-likeness (QED) is 0.507. The zero-order chi connectivity index (χ0) is 17.2. The highest BCUT2D eigenvalue weighted by atomic mass is 16.6. The first-order valence-corrected chi connectivity index (χ1v) is 7.82. The second-order valence-corrected chi connectivity index (χ2v) is 6.12.